The molecule has 0 unspecified atom stereocenters. The van der Waals surface area contributed by atoms with Crippen LogP contribution in [0.25, 0.3) is 0 Å². The second-order valence-electron chi connectivity index (χ2n) is 2.59. The summed E-state index contributed by atoms with van der Waals surface area (Å²) >= 11 is 0. The Morgan fingerprint density at radius 3 is 2.45 bits per heavy atom. The molecule has 0 aliphatic heterocycles. The highest BCUT2D eigenvalue weighted by Crippen LogP contribution is 1.89. The van der Waals surface area contributed by atoms with Crippen molar-refractivity contribution < 1.29 is 0 Å². The topological polar surface area (TPSA) is 0 Å². The largest absolute Gasteiger partial charge is 0.184 e. The third-order valence-electron chi connectivity index (χ3n) is 1.65. The lowest BCUT2D eigenvalue weighted by Crippen LogP contribution is -2.13. The Hall–Kier alpha value is -0.975. The molecule has 11 heavy (non-hydrogen) atoms. The van der Waals surface area contributed by atoms with Crippen LogP contribution in [0.3, 0.4) is 0 Å². The van der Waals surface area contributed by atoms with Crippen LogP contribution in [0.5, 0.6) is 0 Å². The van der Waals surface area contributed by atoms with E-state index in [0.29, 0.717) is 0 Å². The minimum atomic E-state index is 1.27. The average molecular weight is 143 g/mol. The van der Waals surface area contributed by atoms with Crippen molar-refractivity contribution in [1.82, 2.24) is 0 Å². The van der Waals surface area contributed by atoms with Gasteiger partial charge in [0.15, 0.2) is 7.28 Å². The number of hydrogen-bond acceptors (Lipinski definition) is 0. The summed E-state index contributed by atoms with van der Waals surface area (Å²) < 4.78 is 0. The molecular weight excluding hydrogens is 131 g/mol. The number of allylic oxidation sites excluding steroid dienone is 2. The van der Waals surface area contributed by atoms with Gasteiger partial charge in [-0.3, -0.25) is 0 Å². The maximum absolute atomic E-state index is 2.17. The quantitative estimate of drug-likeness (QED) is 0.555. The summed E-state index contributed by atoms with van der Waals surface area (Å²) in [5.41, 5.74) is 2.57. The van der Waals surface area contributed by atoms with Crippen LogP contribution >= 0.6 is 0 Å². The van der Waals surface area contributed by atoms with Gasteiger partial charge in [0.1, 0.15) is 0 Å². The Bertz CT molecular complexity index is 236. The SMILES string of the molecule is C/C=C(\C)[B]c1ccccc1. The van der Waals surface area contributed by atoms with Crippen molar-refractivity contribution in [3.8, 4) is 0 Å². The summed E-state index contributed by atoms with van der Waals surface area (Å²) in [6, 6.07) is 10.3. The lowest BCUT2D eigenvalue weighted by Gasteiger charge is -1.97. The predicted molar refractivity (Wildman–Crippen MR) is 51.3 cm³/mol. The van der Waals surface area contributed by atoms with Crippen molar-refractivity contribution in [2.24, 2.45) is 0 Å². The zero-order chi connectivity index (χ0) is 8.10. The van der Waals surface area contributed by atoms with Crippen LogP contribution in [0.4, 0.5) is 0 Å². The van der Waals surface area contributed by atoms with Gasteiger partial charge in [-0.15, -0.1) is 5.47 Å². The zero-order valence-electron chi connectivity index (χ0n) is 7.04. The Morgan fingerprint density at radius 2 is 1.91 bits per heavy atom. The van der Waals surface area contributed by atoms with Crippen LogP contribution in [-0.2, 0) is 0 Å². The van der Waals surface area contributed by atoms with Crippen molar-refractivity contribution in [2.75, 3.05) is 0 Å². The summed E-state index contributed by atoms with van der Waals surface area (Å²) in [6.07, 6.45) is 2.10. The van der Waals surface area contributed by atoms with E-state index in [1.807, 2.05) is 6.07 Å². The molecule has 1 radical (unpaired) electrons. The van der Waals surface area contributed by atoms with Gasteiger partial charge >= 0.3 is 0 Å². The van der Waals surface area contributed by atoms with Gasteiger partial charge < -0.3 is 0 Å². The van der Waals surface area contributed by atoms with Crippen LogP contribution in [0.15, 0.2) is 41.9 Å². The molecule has 0 saturated heterocycles. The summed E-state index contributed by atoms with van der Waals surface area (Å²) in [4.78, 5) is 0. The van der Waals surface area contributed by atoms with Gasteiger partial charge in [-0.25, -0.2) is 0 Å². The highest BCUT2D eigenvalue weighted by Gasteiger charge is 1.93. The van der Waals surface area contributed by atoms with E-state index in [-0.39, 0.29) is 0 Å². The Kier molecular flexibility index (Phi) is 2.97. The molecule has 1 aromatic rings. The van der Waals surface area contributed by atoms with E-state index in [2.05, 4.69) is 51.5 Å². The van der Waals surface area contributed by atoms with Crippen LogP contribution < -0.4 is 5.46 Å². The first-order chi connectivity index (χ1) is 5.33. The Morgan fingerprint density at radius 1 is 1.27 bits per heavy atom. The normalized spacial score (nSPS) is 11.3. The molecule has 0 atom stereocenters. The van der Waals surface area contributed by atoms with E-state index in [4.69, 9.17) is 0 Å². The zero-order valence-corrected chi connectivity index (χ0v) is 7.04. The molecule has 55 valence electrons. The fraction of sp³-hybridized carbons (Fsp3) is 0.200. The van der Waals surface area contributed by atoms with Crippen molar-refractivity contribution >= 4 is 12.7 Å². The molecule has 0 aliphatic carbocycles. The number of rotatable bonds is 2. The maximum Gasteiger partial charge on any atom is 0.184 e. The maximum atomic E-state index is 2.17. The summed E-state index contributed by atoms with van der Waals surface area (Å²) in [6.45, 7) is 4.15. The summed E-state index contributed by atoms with van der Waals surface area (Å²) in [5, 5.41) is 0. The minimum absolute atomic E-state index is 1.27. The highest BCUT2D eigenvalue weighted by atomic mass is 13.8. The molecule has 0 heterocycles. The summed E-state index contributed by atoms with van der Waals surface area (Å²) in [5.74, 6) is 0. The molecule has 0 bridgehead atoms. The van der Waals surface area contributed by atoms with Crippen molar-refractivity contribution in [1.29, 1.82) is 0 Å². The van der Waals surface area contributed by atoms with E-state index in [1.54, 1.807) is 0 Å². The van der Waals surface area contributed by atoms with E-state index in [9.17, 15) is 0 Å². The predicted octanol–water partition coefficient (Wildman–Crippen LogP) is 1.94. The van der Waals surface area contributed by atoms with Crippen LogP contribution in [0.2, 0.25) is 0 Å². The smallest absolute Gasteiger partial charge is 0.110 e. The van der Waals surface area contributed by atoms with Gasteiger partial charge in [-0.2, -0.15) is 0 Å². The van der Waals surface area contributed by atoms with Crippen LogP contribution in [0, 0.1) is 0 Å². The molecule has 0 amide bonds. The van der Waals surface area contributed by atoms with Crippen LogP contribution in [-0.4, -0.2) is 7.28 Å². The first-order valence-corrected chi connectivity index (χ1v) is 3.85. The molecule has 1 rings (SSSR count). The van der Waals surface area contributed by atoms with E-state index < -0.39 is 0 Å². The Labute approximate surface area is 69.2 Å². The fourth-order valence-corrected chi connectivity index (χ4v) is 0.895. The first kappa shape index (κ1) is 8.12. The molecule has 1 aromatic carbocycles. The van der Waals surface area contributed by atoms with Crippen molar-refractivity contribution in [3.63, 3.8) is 0 Å². The molecule has 0 saturated carbocycles. The second kappa shape index (κ2) is 4.02. The van der Waals surface area contributed by atoms with Gasteiger partial charge in [0.2, 0.25) is 0 Å². The van der Waals surface area contributed by atoms with Crippen molar-refractivity contribution in [2.45, 2.75) is 13.8 Å². The number of hydrogen-bond donors (Lipinski definition) is 0. The Balaban J connectivity index is 2.65. The lowest BCUT2D eigenvalue weighted by molar-refractivity contribution is 1.57. The number of benzene rings is 1. The first-order valence-electron chi connectivity index (χ1n) is 3.85. The second-order valence-corrected chi connectivity index (χ2v) is 2.59. The van der Waals surface area contributed by atoms with Gasteiger partial charge in [0.25, 0.3) is 0 Å². The van der Waals surface area contributed by atoms with E-state index in [0.717, 1.165) is 0 Å². The molecule has 0 spiro atoms. The van der Waals surface area contributed by atoms with Gasteiger partial charge in [-0.1, -0.05) is 48.8 Å². The molecule has 0 fully saturated rings. The van der Waals surface area contributed by atoms with Gasteiger partial charge in [-0.05, 0) is 6.92 Å². The van der Waals surface area contributed by atoms with Crippen molar-refractivity contribution in [3.05, 3.63) is 41.9 Å². The molecule has 0 nitrogen and oxygen atoms in total. The minimum Gasteiger partial charge on any atom is -0.110 e. The molecular formula is C10H12B. The highest BCUT2D eigenvalue weighted by molar-refractivity contribution is 6.60. The van der Waals surface area contributed by atoms with Gasteiger partial charge in [0, 0.05) is 0 Å². The lowest BCUT2D eigenvalue weighted by atomic mass is 9.64. The summed E-state index contributed by atoms with van der Waals surface area (Å²) in [7, 11) is 2.17. The standard InChI is InChI=1S/C10H12B/c1-3-9(2)11-10-7-5-4-6-8-10/h3-8H,1-2H3/b9-3+. The molecule has 0 N–H and O–H groups in total. The van der Waals surface area contributed by atoms with E-state index >= 15 is 0 Å². The third-order valence-corrected chi connectivity index (χ3v) is 1.65. The average Bonchev–Trinajstić information content (AvgIpc) is 2.06. The molecule has 0 aromatic heterocycles. The molecule has 1 heteroatoms. The van der Waals surface area contributed by atoms with Gasteiger partial charge in [0.05, 0.1) is 0 Å². The van der Waals surface area contributed by atoms with Crippen LogP contribution in [0.1, 0.15) is 13.8 Å². The third kappa shape index (κ3) is 2.63. The van der Waals surface area contributed by atoms with E-state index in [1.165, 1.54) is 10.9 Å². The monoisotopic (exact) mass is 143 g/mol. The fourth-order valence-electron chi connectivity index (χ4n) is 0.895. The molecule has 0 aliphatic rings.